The van der Waals surface area contributed by atoms with Crippen molar-refractivity contribution in [1.82, 2.24) is 5.32 Å². The molecular weight excluding hydrogens is 258 g/mol. The number of methoxy groups -OCH3 is 1. The maximum absolute atomic E-state index is 5.84. The number of hydrogen-bond donors (Lipinski definition) is 1. The highest BCUT2D eigenvalue weighted by atomic mass is 16.5. The lowest BCUT2D eigenvalue weighted by Gasteiger charge is -2.29. The van der Waals surface area contributed by atoms with Gasteiger partial charge in [0.05, 0.1) is 6.04 Å². The summed E-state index contributed by atoms with van der Waals surface area (Å²) in [5.74, 6) is 0. The van der Waals surface area contributed by atoms with Crippen LogP contribution in [0.2, 0.25) is 0 Å². The number of ether oxygens (including phenoxy) is 1. The second-order valence-corrected chi connectivity index (χ2v) is 5.39. The van der Waals surface area contributed by atoms with Crippen molar-refractivity contribution in [1.29, 1.82) is 0 Å². The molecule has 0 aliphatic rings. The molecule has 2 aromatic rings. The molecule has 0 radical (unpaired) electrons. The summed E-state index contributed by atoms with van der Waals surface area (Å²) in [7, 11) is 1.78. The molecule has 0 amide bonds. The topological polar surface area (TPSA) is 21.3 Å². The average molecular weight is 283 g/mol. The van der Waals surface area contributed by atoms with Crippen LogP contribution in [0.4, 0.5) is 0 Å². The molecule has 2 atom stereocenters. The van der Waals surface area contributed by atoms with Crippen LogP contribution >= 0.6 is 0 Å². The van der Waals surface area contributed by atoms with Gasteiger partial charge in [-0.2, -0.15) is 0 Å². The Morgan fingerprint density at radius 1 is 1.00 bits per heavy atom. The van der Waals surface area contributed by atoms with Gasteiger partial charge in [-0.3, -0.25) is 0 Å². The number of likely N-dealkylation sites (N-methyl/N-ethyl adjacent to an activating group) is 1. The zero-order valence-electron chi connectivity index (χ0n) is 13.4. The van der Waals surface area contributed by atoms with Gasteiger partial charge in [-0.25, -0.2) is 0 Å². The van der Waals surface area contributed by atoms with Gasteiger partial charge in [0.1, 0.15) is 6.10 Å². The molecule has 112 valence electrons. The molecule has 1 N–H and O–H groups in total. The molecule has 0 saturated heterocycles. The van der Waals surface area contributed by atoms with Crippen LogP contribution in [0.3, 0.4) is 0 Å². The van der Waals surface area contributed by atoms with Crippen molar-refractivity contribution < 1.29 is 4.74 Å². The van der Waals surface area contributed by atoms with Crippen LogP contribution in [0.15, 0.2) is 48.5 Å². The molecule has 0 aromatic heterocycles. The normalized spacial score (nSPS) is 13.9. The average Bonchev–Trinajstić information content (AvgIpc) is 2.51. The minimum Gasteiger partial charge on any atom is -0.375 e. The zero-order valence-corrected chi connectivity index (χ0v) is 13.4. The van der Waals surface area contributed by atoms with E-state index < -0.39 is 0 Å². The van der Waals surface area contributed by atoms with Crippen LogP contribution in [-0.4, -0.2) is 13.7 Å². The highest BCUT2D eigenvalue weighted by Crippen LogP contribution is 2.33. The maximum atomic E-state index is 5.84. The molecule has 0 heterocycles. The van der Waals surface area contributed by atoms with Crippen LogP contribution in [0.5, 0.6) is 0 Å². The summed E-state index contributed by atoms with van der Waals surface area (Å²) in [5, 5.41) is 3.59. The molecule has 0 aliphatic carbocycles. The van der Waals surface area contributed by atoms with E-state index >= 15 is 0 Å². The summed E-state index contributed by atoms with van der Waals surface area (Å²) in [6.45, 7) is 7.39. The van der Waals surface area contributed by atoms with Crippen molar-refractivity contribution in [2.75, 3.05) is 13.7 Å². The second-order valence-electron chi connectivity index (χ2n) is 5.39. The van der Waals surface area contributed by atoms with Crippen molar-refractivity contribution in [3.63, 3.8) is 0 Å². The van der Waals surface area contributed by atoms with Crippen molar-refractivity contribution in [2.24, 2.45) is 0 Å². The van der Waals surface area contributed by atoms with E-state index in [9.17, 15) is 0 Å². The van der Waals surface area contributed by atoms with Gasteiger partial charge in [0.15, 0.2) is 0 Å². The van der Waals surface area contributed by atoms with E-state index in [1.54, 1.807) is 7.11 Å². The molecule has 2 nitrogen and oxygen atoms in total. The van der Waals surface area contributed by atoms with Crippen LogP contribution in [0.1, 0.15) is 41.3 Å². The predicted octanol–water partition coefficient (Wildman–Crippen LogP) is 4.34. The van der Waals surface area contributed by atoms with Crippen LogP contribution in [-0.2, 0) is 4.74 Å². The number of benzene rings is 2. The SMILES string of the molecule is CCNC(c1cccc(C)c1C)C(OC)c1ccccc1. The van der Waals surface area contributed by atoms with Gasteiger partial charge >= 0.3 is 0 Å². The van der Waals surface area contributed by atoms with Crippen molar-refractivity contribution in [3.8, 4) is 0 Å². The van der Waals surface area contributed by atoms with E-state index in [2.05, 4.69) is 68.6 Å². The number of rotatable bonds is 6. The molecule has 2 rings (SSSR count). The Bertz CT molecular complexity index is 565. The molecule has 2 aromatic carbocycles. The summed E-state index contributed by atoms with van der Waals surface area (Å²) in [5.41, 5.74) is 5.17. The molecule has 2 unspecified atom stereocenters. The van der Waals surface area contributed by atoms with Gasteiger partial charge in [0.25, 0.3) is 0 Å². The minimum absolute atomic E-state index is 0.00616. The summed E-state index contributed by atoms with van der Waals surface area (Å²) < 4.78 is 5.84. The third kappa shape index (κ3) is 3.52. The van der Waals surface area contributed by atoms with E-state index in [1.807, 2.05) is 6.07 Å². The Hall–Kier alpha value is -1.64. The predicted molar refractivity (Wildman–Crippen MR) is 88.5 cm³/mol. The van der Waals surface area contributed by atoms with Gasteiger partial charge < -0.3 is 10.1 Å². The van der Waals surface area contributed by atoms with Gasteiger partial charge in [0, 0.05) is 7.11 Å². The Labute approximate surface area is 128 Å². The minimum atomic E-state index is 0.00616. The Kier molecular flexibility index (Phi) is 5.54. The molecule has 21 heavy (non-hydrogen) atoms. The highest BCUT2D eigenvalue weighted by Gasteiger charge is 2.25. The van der Waals surface area contributed by atoms with Gasteiger partial charge in [-0.05, 0) is 42.6 Å². The lowest BCUT2D eigenvalue weighted by atomic mass is 9.91. The summed E-state index contributed by atoms with van der Waals surface area (Å²) in [6, 6.07) is 17.1. The lowest BCUT2D eigenvalue weighted by Crippen LogP contribution is -2.29. The van der Waals surface area contributed by atoms with Gasteiger partial charge in [-0.15, -0.1) is 0 Å². The summed E-state index contributed by atoms with van der Waals surface area (Å²) in [6.07, 6.45) is 0.00616. The molecule has 2 heteroatoms. The molecule has 0 bridgehead atoms. The Morgan fingerprint density at radius 2 is 1.71 bits per heavy atom. The van der Waals surface area contributed by atoms with Crippen molar-refractivity contribution in [2.45, 2.75) is 32.9 Å². The first-order chi connectivity index (χ1) is 10.2. The molecular formula is C19H25NO. The first-order valence-electron chi connectivity index (χ1n) is 7.56. The fraction of sp³-hybridized carbons (Fsp3) is 0.368. The fourth-order valence-electron chi connectivity index (χ4n) is 2.82. The van der Waals surface area contributed by atoms with Crippen LogP contribution in [0.25, 0.3) is 0 Å². The van der Waals surface area contributed by atoms with Gasteiger partial charge in [0.2, 0.25) is 0 Å². The Balaban J connectivity index is 2.44. The van der Waals surface area contributed by atoms with Crippen molar-refractivity contribution in [3.05, 3.63) is 70.8 Å². The van der Waals surface area contributed by atoms with E-state index in [0.29, 0.717) is 0 Å². The standard InChI is InChI=1S/C19H25NO/c1-5-20-18(17-13-9-10-14(2)15(17)3)19(21-4)16-11-7-6-8-12-16/h6-13,18-20H,5H2,1-4H3. The fourth-order valence-corrected chi connectivity index (χ4v) is 2.82. The largest absolute Gasteiger partial charge is 0.375 e. The summed E-state index contributed by atoms with van der Waals surface area (Å²) >= 11 is 0. The first-order valence-corrected chi connectivity index (χ1v) is 7.56. The van der Waals surface area contributed by atoms with Crippen LogP contribution < -0.4 is 5.32 Å². The molecule has 0 spiro atoms. The lowest BCUT2D eigenvalue weighted by molar-refractivity contribution is 0.0679. The maximum Gasteiger partial charge on any atom is 0.102 e. The van der Waals surface area contributed by atoms with E-state index in [1.165, 1.54) is 22.3 Å². The number of hydrogen-bond acceptors (Lipinski definition) is 2. The zero-order chi connectivity index (χ0) is 15.2. The van der Waals surface area contributed by atoms with E-state index in [0.717, 1.165) is 6.54 Å². The van der Waals surface area contributed by atoms with Crippen LogP contribution in [0, 0.1) is 13.8 Å². The highest BCUT2D eigenvalue weighted by molar-refractivity contribution is 5.37. The number of aryl methyl sites for hydroxylation is 1. The quantitative estimate of drug-likeness (QED) is 0.851. The molecule has 0 saturated carbocycles. The number of nitrogens with one attached hydrogen (secondary N) is 1. The Morgan fingerprint density at radius 3 is 2.33 bits per heavy atom. The molecule has 0 fully saturated rings. The second kappa shape index (κ2) is 7.39. The van der Waals surface area contributed by atoms with E-state index in [-0.39, 0.29) is 12.1 Å². The van der Waals surface area contributed by atoms with Gasteiger partial charge in [-0.1, -0.05) is 55.5 Å². The first kappa shape index (κ1) is 15.7. The third-order valence-electron chi connectivity index (χ3n) is 4.09. The van der Waals surface area contributed by atoms with E-state index in [4.69, 9.17) is 4.74 Å². The smallest absolute Gasteiger partial charge is 0.102 e. The monoisotopic (exact) mass is 283 g/mol. The van der Waals surface area contributed by atoms with Crippen molar-refractivity contribution >= 4 is 0 Å². The summed E-state index contributed by atoms with van der Waals surface area (Å²) in [4.78, 5) is 0. The third-order valence-corrected chi connectivity index (χ3v) is 4.09. The molecule has 0 aliphatic heterocycles.